The van der Waals surface area contributed by atoms with Gasteiger partial charge in [-0.25, -0.2) is 9.97 Å². The summed E-state index contributed by atoms with van der Waals surface area (Å²) in [5.41, 5.74) is 5.43. The number of nitrogens with zero attached hydrogens (tertiary/aromatic N) is 3. The molecule has 2 aromatic carbocycles. The lowest BCUT2D eigenvalue weighted by atomic mass is 10.1. The van der Waals surface area contributed by atoms with E-state index in [0.717, 1.165) is 32.6 Å². The van der Waals surface area contributed by atoms with Gasteiger partial charge in [-0.05, 0) is 64.0 Å². The lowest BCUT2D eigenvalue weighted by Crippen LogP contribution is -1.99. The molecular weight excluding hydrogens is 390 g/mol. The number of rotatable bonds is 4. The number of aromatic nitrogens is 3. The highest BCUT2D eigenvalue weighted by atomic mass is 79.9. The van der Waals surface area contributed by atoms with Gasteiger partial charge in [-0.1, -0.05) is 12.1 Å². The van der Waals surface area contributed by atoms with Crippen molar-refractivity contribution >= 4 is 32.8 Å². The summed E-state index contributed by atoms with van der Waals surface area (Å²) >= 11 is 3.42. The maximum Gasteiger partial charge on any atom is 0.178 e. The zero-order valence-corrected chi connectivity index (χ0v) is 15.3. The molecule has 0 bridgehead atoms. The first-order chi connectivity index (χ1) is 12.7. The van der Waals surface area contributed by atoms with Gasteiger partial charge in [0, 0.05) is 28.5 Å². The molecule has 0 aliphatic rings. The second-order valence-corrected chi connectivity index (χ2v) is 6.77. The van der Waals surface area contributed by atoms with E-state index >= 15 is 0 Å². The van der Waals surface area contributed by atoms with Crippen molar-refractivity contribution in [2.24, 2.45) is 0 Å². The molecule has 4 aromatic rings. The van der Waals surface area contributed by atoms with Crippen LogP contribution in [-0.2, 0) is 6.54 Å². The molecule has 0 amide bonds. The van der Waals surface area contributed by atoms with E-state index in [1.165, 1.54) is 0 Å². The maximum absolute atomic E-state index is 8.84. The molecule has 0 unspecified atom stereocenters. The molecular formula is C20H14BrN5. The van der Waals surface area contributed by atoms with E-state index in [1.807, 2.05) is 54.6 Å². The minimum absolute atomic E-state index is 0.672. The van der Waals surface area contributed by atoms with Crippen LogP contribution in [-0.4, -0.2) is 15.0 Å². The number of halogens is 1. The summed E-state index contributed by atoms with van der Waals surface area (Å²) in [6.07, 6.45) is 1.74. The van der Waals surface area contributed by atoms with Crippen LogP contribution >= 0.6 is 15.9 Å². The highest BCUT2D eigenvalue weighted by molar-refractivity contribution is 9.10. The topological polar surface area (TPSA) is 77.4 Å². The van der Waals surface area contributed by atoms with Crippen molar-refractivity contribution in [1.82, 2.24) is 15.0 Å². The van der Waals surface area contributed by atoms with E-state index in [2.05, 4.69) is 42.3 Å². The summed E-state index contributed by atoms with van der Waals surface area (Å²) in [6, 6.07) is 19.8. The Morgan fingerprint density at radius 1 is 1.08 bits per heavy atom. The Hall–Kier alpha value is -3.17. The fraction of sp³-hybridized carbons (Fsp3) is 0.0500. The lowest BCUT2D eigenvalue weighted by Gasteiger charge is -2.07. The van der Waals surface area contributed by atoms with Crippen LogP contribution in [0.25, 0.3) is 22.6 Å². The normalized spacial score (nSPS) is 10.6. The van der Waals surface area contributed by atoms with Crippen molar-refractivity contribution in [2.75, 3.05) is 5.32 Å². The molecule has 4 rings (SSSR count). The fourth-order valence-corrected chi connectivity index (χ4v) is 2.99. The molecule has 2 heterocycles. The summed E-state index contributed by atoms with van der Waals surface area (Å²) < 4.78 is 0.919. The Balaban J connectivity index is 1.47. The van der Waals surface area contributed by atoms with Crippen molar-refractivity contribution in [1.29, 1.82) is 5.26 Å². The smallest absolute Gasteiger partial charge is 0.178 e. The number of benzene rings is 2. The SMILES string of the molecule is N#Cc1ccc(CNc2ccc(-c3nc4ncc(Br)cc4[nH]3)cc2)cc1. The number of H-pyrrole nitrogens is 1. The van der Waals surface area contributed by atoms with Crippen molar-refractivity contribution in [3.05, 3.63) is 76.4 Å². The monoisotopic (exact) mass is 403 g/mol. The number of fused-ring (bicyclic) bond motifs is 1. The Morgan fingerprint density at radius 3 is 2.58 bits per heavy atom. The first-order valence-electron chi connectivity index (χ1n) is 8.06. The summed E-state index contributed by atoms with van der Waals surface area (Å²) in [5, 5.41) is 12.2. The van der Waals surface area contributed by atoms with Crippen LogP contribution in [0, 0.1) is 11.3 Å². The van der Waals surface area contributed by atoms with Crippen LogP contribution in [0.2, 0.25) is 0 Å². The molecule has 0 fully saturated rings. The second-order valence-electron chi connectivity index (χ2n) is 5.85. The van der Waals surface area contributed by atoms with E-state index in [4.69, 9.17) is 5.26 Å². The van der Waals surface area contributed by atoms with Crippen molar-refractivity contribution in [3.8, 4) is 17.5 Å². The summed E-state index contributed by atoms with van der Waals surface area (Å²) in [4.78, 5) is 12.1. The zero-order valence-electron chi connectivity index (χ0n) is 13.7. The minimum atomic E-state index is 0.672. The fourth-order valence-electron chi connectivity index (χ4n) is 2.66. The van der Waals surface area contributed by atoms with Crippen LogP contribution in [0.5, 0.6) is 0 Å². The third-order valence-electron chi connectivity index (χ3n) is 4.04. The molecule has 0 saturated heterocycles. The number of aromatic amines is 1. The number of imidazole rings is 1. The molecule has 126 valence electrons. The Labute approximate surface area is 158 Å². The van der Waals surface area contributed by atoms with E-state index < -0.39 is 0 Å². The Morgan fingerprint density at radius 2 is 1.85 bits per heavy atom. The third-order valence-corrected chi connectivity index (χ3v) is 4.48. The van der Waals surface area contributed by atoms with Gasteiger partial charge < -0.3 is 10.3 Å². The number of hydrogen-bond donors (Lipinski definition) is 2. The predicted molar refractivity (Wildman–Crippen MR) is 106 cm³/mol. The molecule has 2 aromatic heterocycles. The first-order valence-corrected chi connectivity index (χ1v) is 8.85. The molecule has 26 heavy (non-hydrogen) atoms. The first kappa shape index (κ1) is 16.3. The minimum Gasteiger partial charge on any atom is -0.381 e. The van der Waals surface area contributed by atoms with Crippen LogP contribution < -0.4 is 5.32 Å². The molecule has 0 saturated carbocycles. The van der Waals surface area contributed by atoms with Crippen molar-refractivity contribution in [2.45, 2.75) is 6.54 Å². The summed E-state index contributed by atoms with van der Waals surface area (Å²) in [5.74, 6) is 0.796. The van der Waals surface area contributed by atoms with E-state index in [9.17, 15) is 0 Å². The lowest BCUT2D eigenvalue weighted by molar-refractivity contribution is 1.15. The van der Waals surface area contributed by atoms with Gasteiger partial charge in [0.2, 0.25) is 0 Å². The van der Waals surface area contributed by atoms with Crippen LogP contribution in [0.4, 0.5) is 5.69 Å². The third kappa shape index (κ3) is 3.44. The van der Waals surface area contributed by atoms with Gasteiger partial charge >= 0.3 is 0 Å². The number of anilines is 1. The summed E-state index contributed by atoms with van der Waals surface area (Å²) in [6.45, 7) is 0.702. The highest BCUT2D eigenvalue weighted by Crippen LogP contribution is 2.23. The average molecular weight is 404 g/mol. The molecule has 5 nitrogen and oxygen atoms in total. The quantitative estimate of drug-likeness (QED) is 0.509. The molecule has 0 radical (unpaired) electrons. The van der Waals surface area contributed by atoms with Gasteiger partial charge in [-0.15, -0.1) is 0 Å². The number of hydrogen-bond acceptors (Lipinski definition) is 4. The van der Waals surface area contributed by atoms with Crippen molar-refractivity contribution < 1.29 is 0 Å². The Bertz CT molecular complexity index is 1090. The van der Waals surface area contributed by atoms with Gasteiger partial charge in [0.05, 0.1) is 17.1 Å². The van der Waals surface area contributed by atoms with E-state index in [1.54, 1.807) is 6.20 Å². The van der Waals surface area contributed by atoms with Gasteiger partial charge in [0.15, 0.2) is 5.65 Å². The van der Waals surface area contributed by atoms with Crippen LogP contribution in [0.15, 0.2) is 65.3 Å². The van der Waals surface area contributed by atoms with Gasteiger partial charge in [-0.2, -0.15) is 5.26 Å². The molecule has 2 N–H and O–H groups in total. The number of nitrogens with one attached hydrogen (secondary N) is 2. The average Bonchev–Trinajstić information content (AvgIpc) is 3.10. The van der Waals surface area contributed by atoms with Crippen molar-refractivity contribution in [3.63, 3.8) is 0 Å². The second kappa shape index (κ2) is 6.98. The molecule has 0 spiro atoms. The molecule has 0 aliphatic heterocycles. The number of pyridine rings is 1. The molecule has 0 aliphatic carbocycles. The predicted octanol–water partition coefficient (Wildman–Crippen LogP) is 4.87. The van der Waals surface area contributed by atoms with Gasteiger partial charge in [0.1, 0.15) is 5.82 Å². The largest absolute Gasteiger partial charge is 0.381 e. The zero-order chi connectivity index (χ0) is 17.9. The van der Waals surface area contributed by atoms with Crippen LogP contribution in [0.1, 0.15) is 11.1 Å². The Kier molecular flexibility index (Phi) is 4.38. The van der Waals surface area contributed by atoms with Crippen LogP contribution in [0.3, 0.4) is 0 Å². The standard InChI is InChI=1S/C20H14BrN5/c21-16-9-18-20(24-12-16)26-19(25-18)15-5-7-17(8-6-15)23-11-14-3-1-13(10-22)2-4-14/h1-9,12,23H,11H2,(H,24,25,26). The van der Waals surface area contributed by atoms with Gasteiger partial charge in [-0.3, -0.25) is 0 Å². The van der Waals surface area contributed by atoms with Gasteiger partial charge in [0.25, 0.3) is 0 Å². The number of nitriles is 1. The maximum atomic E-state index is 8.84. The molecule has 6 heteroatoms. The highest BCUT2D eigenvalue weighted by Gasteiger charge is 2.06. The summed E-state index contributed by atoms with van der Waals surface area (Å²) in [7, 11) is 0. The molecule has 0 atom stereocenters. The van der Waals surface area contributed by atoms with E-state index in [0.29, 0.717) is 17.8 Å². The van der Waals surface area contributed by atoms with E-state index in [-0.39, 0.29) is 0 Å².